The molecule has 0 bridgehead atoms. The lowest BCUT2D eigenvalue weighted by atomic mass is 10.0. The summed E-state index contributed by atoms with van der Waals surface area (Å²) in [6.45, 7) is 7.06. The highest BCUT2D eigenvalue weighted by Gasteiger charge is 2.35. The van der Waals surface area contributed by atoms with Crippen LogP contribution in [0.3, 0.4) is 0 Å². The number of aromatic nitrogens is 2. The molecule has 0 aliphatic rings. The van der Waals surface area contributed by atoms with Gasteiger partial charge >= 0.3 is 0 Å². The number of nitro groups is 1. The van der Waals surface area contributed by atoms with Crippen molar-refractivity contribution in [3.63, 3.8) is 0 Å². The Balaban J connectivity index is 2.64. The van der Waals surface area contributed by atoms with E-state index in [1.54, 1.807) is 0 Å². The zero-order chi connectivity index (χ0) is 13.5. The zero-order valence-electron chi connectivity index (χ0n) is 10.9. The Morgan fingerprint density at radius 3 is 2.28 bits per heavy atom. The van der Waals surface area contributed by atoms with Crippen molar-refractivity contribution in [1.82, 2.24) is 9.97 Å². The predicted molar refractivity (Wildman–Crippen MR) is 69.0 cm³/mol. The first-order valence-electron chi connectivity index (χ1n) is 5.71. The Bertz CT molecular complexity index is 635. The van der Waals surface area contributed by atoms with Gasteiger partial charge in [0.25, 0.3) is 5.54 Å². The first-order valence-corrected chi connectivity index (χ1v) is 5.71. The van der Waals surface area contributed by atoms with E-state index < -0.39 is 5.54 Å². The topological polar surface area (TPSA) is 68.9 Å². The van der Waals surface area contributed by atoms with Crippen LogP contribution in [0, 0.1) is 24.0 Å². The van der Waals surface area contributed by atoms with Crippen LogP contribution in [0.2, 0.25) is 0 Å². The second kappa shape index (κ2) is 4.01. The van der Waals surface area contributed by atoms with Gasteiger partial charge in [0.2, 0.25) is 0 Å². The fourth-order valence-corrected chi connectivity index (χ4v) is 1.66. The summed E-state index contributed by atoms with van der Waals surface area (Å²) in [6.07, 6.45) is 1.49. The molecule has 5 nitrogen and oxygen atoms in total. The van der Waals surface area contributed by atoms with Gasteiger partial charge in [0.15, 0.2) is 0 Å². The minimum absolute atomic E-state index is 0.343. The summed E-state index contributed by atoms with van der Waals surface area (Å²) in [7, 11) is 0. The van der Waals surface area contributed by atoms with Gasteiger partial charge in [0, 0.05) is 18.8 Å². The Morgan fingerprint density at radius 2 is 1.72 bits per heavy atom. The van der Waals surface area contributed by atoms with Crippen LogP contribution in [0.15, 0.2) is 18.3 Å². The SMILES string of the molecule is Cc1cc2ncc(C(C)(C)[N+](=O)[O-])nc2cc1C. The van der Waals surface area contributed by atoms with E-state index in [-0.39, 0.29) is 4.92 Å². The molecule has 0 fully saturated rings. The normalized spacial score (nSPS) is 11.8. The van der Waals surface area contributed by atoms with Crippen molar-refractivity contribution in [2.75, 3.05) is 0 Å². The van der Waals surface area contributed by atoms with E-state index in [1.165, 1.54) is 20.0 Å². The van der Waals surface area contributed by atoms with Gasteiger partial charge in [-0.3, -0.25) is 15.1 Å². The molecule has 0 spiro atoms. The van der Waals surface area contributed by atoms with Crippen LogP contribution in [-0.4, -0.2) is 14.9 Å². The van der Waals surface area contributed by atoms with Crippen LogP contribution < -0.4 is 0 Å². The summed E-state index contributed by atoms with van der Waals surface area (Å²) < 4.78 is 0. The van der Waals surface area contributed by atoms with Crippen molar-refractivity contribution in [3.05, 3.63) is 45.3 Å². The van der Waals surface area contributed by atoms with Crippen molar-refractivity contribution < 1.29 is 4.92 Å². The monoisotopic (exact) mass is 245 g/mol. The van der Waals surface area contributed by atoms with Crippen LogP contribution in [0.4, 0.5) is 0 Å². The van der Waals surface area contributed by atoms with Crippen LogP contribution in [0.1, 0.15) is 30.7 Å². The van der Waals surface area contributed by atoms with Gasteiger partial charge in [-0.25, -0.2) is 4.98 Å². The third-order valence-electron chi connectivity index (χ3n) is 3.24. The van der Waals surface area contributed by atoms with E-state index in [4.69, 9.17) is 0 Å². The minimum Gasteiger partial charge on any atom is -0.264 e. The van der Waals surface area contributed by atoms with Gasteiger partial charge in [-0.2, -0.15) is 0 Å². The quantitative estimate of drug-likeness (QED) is 0.602. The minimum atomic E-state index is -1.22. The molecule has 5 heteroatoms. The molecule has 1 aromatic carbocycles. The average molecular weight is 245 g/mol. The standard InChI is InChI=1S/C13H15N3O2/c1-8-5-10-11(6-9(8)2)15-12(7-14-10)13(3,4)16(17)18/h5-7H,1-4H3. The molecule has 0 amide bonds. The molecule has 0 aliphatic heterocycles. The van der Waals surface area contributed by atoms with E-state index in [2.05, 4.69) is 9.97 Å². The first-order chi connectivity index (χ1) is 8.32. The number of aryl methyl sites for hydroxylation is 2. The van der Waals surface area contributed by atoms with Gasteiger partial charge in [-0.05, 0) is 37.1 Å². The largest absolute Gasteiger partial charge is 0.264 e. The number of hydrogen-bond acceptors (Lipinski definition) is 4. The van der Waals surface area contributed by atoms with Crippen LogP contribution >= 0.6 is 0 Å². The number of benzene rings is 1. The van der Waals surface area contributed by atoms with Crippen molar-refractivity contribution in [1.29, 1.82) is 0 Å². The summed E-state index contributed by atoms with van der Waals surface area (Å²) in [4.78, 5) is 19.3. The molecule has 2 rings (SSSR count). The summed E-state index contributed by atoms with van der Waals surface area (Å²) in [5, 5.41) is 11.0. The first kappa shape index (κ1) is 12.4. The van der Waals surface area contributed by atoms with E-state index in [9.17, 15) is 10.1 Å². The molecular weight excluding hydrogens is 230 g/mol. The van der Waals surface area contributed by atoms with E-state index >= 15 is 0 Å². The average Bonchev–Trinajstić information content (AvgIpc) is 2.29. The number of nitrogens with zero attached hydrogens (tertiary/aromatic N) is 3. The van der Waals surface area contributed by atoms with Crippen molar-refractivity contribution in [2.24, 2.45) is 0 Å². The van der Waals surface area contributed by atoms with Gasteiger partial charge in [-0.15, -0.1) is 0 Å². The molecule has 0 aliphatic carbocycles. The summed E-state index contributed by atoms with van der Waals surface area (Å²) in [5.74, 6) is 0. The molecular formula is C13H15N3O2. The van der Waals surface area contributed by atoms with Gasteiger partial charge < -0.3 is 0 Å². The van der Waals surface area contributed by atoms with Crippen LogP contribution in [-0.2, 0) is 5.54 Å². The molecule has 94 valence electrons. The molecule has 0 saturated carbocycles. The summed E-state index contributed by atoms with van der Waals surface area (Å²) >= 11 is 0. The number of fused-ring (bicyclic) bond motifs is 1. The molecule has 0 saturated heterocycles. The maximum absolute atomic E-state index is 11.0. The van der Waals surface area contributed by atoms with Gasteiger partial charge in [-0.1, -0.05) is 0 Å². The van der Waals surface area contributed by atoms with Crippen LogP contribution in [0.5, 0.6) is 0 Å². The lowest BCUT2D eigenvalue weighted by Crippen LogP contribution is -2.29. The van der Waals surface area contributed by atoms with Crippen molar-refractivity contribution in [2.45, 2.75) is 33.2 Å². The third kappa shape index (κ3) is 1.92. The Hall–Kier alpha value is -2.04. The van der Waals surface area contributed by atoms with E-state index in [1.807, 2.05) is 26.0 Å². The van der Waals surface area contributed by atoms with Gasteiger partial charge in [0.1, 0.15) is 5.69 Å². The second-order valence-corrected chi connectivity index (χ2v) is 5.00. The number of hydrogen-bond donors (Lipinski definition) is 0. The molecule has 1 heterocycles. The lowest BCUT2D eigenvalue weighted by molar-refractivity contribution is -0.570. The molecule has 0 atom stereocenters. The zero-order valence-corrected chi connectivity index (χ0v) is 10.9. The lowest BCUT2D eigenvalue weighted by Gasteiger charge is -2.15. The highest BCUT2D eigenvalue weighted by atomic mass is 16.6. The fourth-order valence-electron chi connectivity index (χ4n) is 1.66. The Kier molecular flexibility index (Phi) is 2.77. The van der Waals surface area contributed by atoms with Crippen molar-refractivity contribution >= 4 is 11.0 Å². The highest BCUT2D eigenvalue weighted by molar-refractivity contribution is 5.76. The smallest absolute Gasteiger partial charge is 0.259 e. The van der Waals surface area contributed by atoms with Crippen LogP contribution in [0.25, 0.3) is 11.0 Å². The molecule has 0 unspecified atom stereocenters. The summed E-state index contributed by atoms with van der Waals surface area (Å²) in [5.41, 5.74) is 2.86. The second-order valence-electron chi connectivity index (χ2n) is 5.00. The molecule has 18 heavy (non-hydrogen) atoms. The summed E-state index contributed by atoms with van der Waals surface area (Å²) in [6, 6.07) is 3.86. The van der Waals surface area contributed by atoms with E-state index in [0.717, 1.165) is 16.6 Å². The van der Waals surface area contributed by atoms with Crippen molar-refractivity contribution in [3.8, 4) is 0 Å². The third-order valence-corrected chi connectivity index (χ3v) is 3.24. The molecule has 2 aromatic rings. The number of rotatable bonds is 2. The Morgan fingerprint density at radius 1 is 1.17 bits per heavy atom. The maximum atomic E-state index is 11.0. The van der Waals surface area contributed by atoms with Gasteiger partial charge in [0.05, 0.1) is 17.2 Å². The Labute approximate surface area is 105 Å². The fraction of sp³-hybridized carbons (Fsp3) is 0.385. The maximum Gasteiger partial charge on any atom is 0.259 e. The predicted octanol–water partition coefficient (Wildman–Crippen LogP) is 2.76. The molecule has 0 N–H and O–H groups in total. The van der Waals surface area contributed by atoms with E-state index in [0.29, 0.717) is 11.2 Å². The highest BCUT2D eigenvalue weighted by Crippen LogP contribution is 2.24. The molecule has 1 aromatic heterocycles. The molecule has 0 radical (unpaired) electrons.